The van der Waals surface area contributed by atoms with Gasteiger partial charge >= 0.3 is 5.97 Å². The number of sulfonamides is 1. The second-order valence-corrected chi connectivity index (χ2v) is 8.75. The van der Waals surface area contributed by atoms with Crippen molar-refractivity contribution in [3.8, 4) is 5.75 Å². The summed E-state index contributed by atoms with van der Waals surface area (Å²) in [7, 11) is -4.02. The molecular formula is C21H15ClN4O5S. The molecule has 0 atom stereocenters. The van der Waals surface area contributed by atoms with Crippen molar-refractivity contribution in [1.82, 2.24) is 9.97 Å². The second kappa shape index (κ2) is 8.33. The number of nitrogens with one attached hydrogen (secondary N) is 2. The summed E-state index contributed by atoms with van der Waals surface area (Å²) in [5, 5.41) is 22.3. The van der Waals surface area contributed by atoms with Gasteiger partial charge < -0.3 is 15.5 Å². The van der Waals surface area contributed by atoms with Gasteiger partial charge in [-0.05, 0) is 48.5 Å². The average molecular weight is 471 g/mol. The van der Waals surface area contributed by atoms with E-state index in [1.807, 2.05) is 0 Å². The van der Waals surface area contributed by atoms with Crippen LogP contribution in [-0.2, 0) is 10.0 Å². The van der Waals surface area contributed by atoms with Crippen molar-refractivity contribution in [2.24, 2.45) is 0 Å². The molecule has 32 heavy (non-hydrogen) atoms. The van der Waals surface area contributed by atoms with E-state index in [4.69, 9.17) is 16.7 Å². The summed E-state index contributed by atoms with van der Waals surface area (Å²) in [5.74, 6) is -1.76. The van der Waals surface area contributed by atoms with E-state index in [1.165, 1.54) is 42.5 Å². The number of benzene rings is 3. The van der Waals surface area contributed by atoms with Crippen LogP contribution in [0.1, 0.15) is 10.4 Å². The van der Waals surface area contributed by atoms with Crippen molar-refractivity contribution in [3.63, 3.8) is 0 Å². The summed E-state index contributed by atoms with van der Waals surface area (Å²) in [6.45, 7) is 0. The predicted molar refractivity (Wildman–Crippen MR) is 120 cm³/mol. The van der Waals surface area contributed by atoms with Gasteiger partial charge in [0.15, 0.2) is 11.6 Å². The van der Waals surface area contributed by atoms with E-state index in [1.54, 1.807) is 24.3 Å². The molecule has 0 spiro atoms. The lowest BCUT2D eigenvalue weighted by Crippen LogP contribution is -2.16. The average Bonchev–Trinajstić information content (AvgIpc) is 2.74. The van der Waals surface area contributed by atoms with Crippen LogP contribution in [0.15, 0.2) is 71.6 Å². The summed E-state index contributed by atoms with van der Waals surface area (Å²) in [6.07, 6.45) is 0. The van der Waals surface area contributed by atoms with E-state index in [2.05, 4.69) is 20.0 Å². The number of nitrogens with zero attached hydrogens (tertiary/aromatic N) is 2. The topological polar surface area (TPSA) is 142 Å². The number of fused-ring (bicyclic) bond motifs is 1. The third kappa shape index (κ3) is 4.41. The number of carboxylic acids is 1. The first-order valence-corrected chi connectivity index (χ1v) is 11.0. The quantitative estimate of drug-likeness (QED) is 0.328. The van der Waals surface area contributed by atoms with E-state index in [0.29, 0.717) is 16.1 Å². The van der Waals surface area contributed by atoms with E-state index in [-0.39, 0.29) is 27.8 Å². The van der Waals surface area contributed by atoms with Crippen molar-refractivity contribution in [1.29, 1.82) is 0 Å². The summed E-state index contributed by atoms with van der Waals surface area (Å²) < 4.78 is 28.2. The molecule has 0 unspecified atom stereocenters. The highest BCUT2D eigenvalue weighted by molar-refractivity contribution is 7.92. The van der Waals surface area contributed by atoms with Crippen molar-refractivity contribution >= 4 is 56.0 Å². The van der Waals surface area contributed by atoms with E-state index in [0.717, 1.165) is 0 Å². The Morgan fingerprint density at radius 3 is 2.12 bits per heavy atom. The minimum absolute atomic E-state index is 0.0220. The van der Waals surface area contributed by atoms with Gasteiger partial charge in [-0.1, -0.05) is 23.7 Å². The largest absolute Gasteiger partial charge is 0.507 e. The highest BCUT2D eigenvalue weighted by atomic mass is 35.5. The van der Waals surface area contributed by atoms with Crippen LogP contribution in [0.5, 0.6) is 5.75 Å². The summed E-state index contributed by atoms with van der Waals surface area (Å²) >= 11 is 5.84. The number of aromatic hydroxyl groups is 1. The fraction of sp³-hybridized carbons (Fsp3) is 0. The number of hydrogen-bond acceptors (Lipinski definition) is 7. The molecule has 0 aliphatic rings. The van der Waals surface area contributed by atoms with E-state index in [9.17, 15) is 18.3 Å². The Labute approximate surface area is 187 Å². The van der Waals surface area contributed by atoms with Gasteiger partial charge in [0.25, 0.3) is 10.0 Å². The van der Waals surface area contributed by atoms with Crippen molar-refractivity contribution in [2.45, 2.75) is 4.90 Å². The maximum atomic E-state index is 12.9. The molecule has 3 aromatic carbocycles. The molecule has 0 aliphatic carbocycles. The number of para-hydroxylation sites is 2. The summed E-state index contributed by atoms with van der Waals surface area (Å²) in [5.41, 5.74) is 0.958. The molecule has 0 amide bonds. The van der Waals surface area contributed by atoms with Crippen LogP contribution < -0.4 is 10.0 Å². The molecule has 0 aliphatic heterocycles. The molecule has 0 saturated carbocycles. The molecule has 9 nitrogen and oxygen atoms in total. The lowest BCUT2D eigenvalue weighted by Gasteiger charge is -2.14. The zero-order chi connectivity index (χ0) is 22.9. The first kappa shape index (κ1) is 21.3. The second-order valence-electron chi connectivity index (χ2n) is 6.63. The van der Waals surface area contributed by atoms with Crippen LogP contribution in [0.4, 0.5) is 17.3 Å². The van der Waals surface area contributed by atoms with Crippen LogP contribution in [0, 0.1) is 0 Å². The molecule has 4 rings (SSSR count). The Balaban J connectivity index is 1.76. The van der Waals surface area contributed by atoms with Gasteiger partial charge in [0.1, 0.15) is 11.3 Å². The highest BCUT2D eigenvalue weighted by Gasteiger charge is 2.19. The monoisotopic (exact) mass is 470 g/mol. The molecular weight excluding hydrogens is 456 g/mol. The third-order valence-electron chi connectivity index (χ3n) is 4.42. The van der Waals surface area contributed by atoms with Crippen LogP contribution in [-0.4, -0.2) is 34.6 Å². The minimum Gasteiger partial charge on any atom is -0.507 e. The third-order valence-corrected chi connectivity index (χ3v) is 6.02. The number of anilines is 3. The number of carbonyl (C=O) groups is 1. The van der Waals surface area contributed by atoms with Crippen molar-refractivity contribution in [3.05, 3.63) is 77.3 Å². The van der Waals surface area contributed by atoms with Gasteiger partial charge in [0.05, 0.1) is 15.9 Å². The van der Waals surface area contributed by atoms with Gasteiger partial charge in [0, 0.05) is 16.8 Å². The van der Waals surface area contributed by atoms with Gasteiger partial charge in [0.2, 0.25) is 0 Å². The van der Waals surface area contributed by atoms with Crippen molar-refractivity contribution < 1.29 is 23.4 Å². The van der Waals surface area contributed by atoms with Gasteiger partial charge in [-0.15, -0.1) is 0 Å². The summed E-state index contributed by atoms with van der Waals surface area (Å²) in [4.78, 5) is 19.9. The molecule has 0 saturated heterocycles. The first-order chi connectivity index (χ1) is 15.2. The Morgan fingerprint density at radius 1 is 0.906 bits per heavy atom. The molecule has 162 valence electrons. The fourth-order valence-electron chi connectivity index (χ4n) is 2.89. The van der Waals surface area contributed by atoms with Gasteiger partial charge in [-0.3, -0.25) is 4.72 Å². The standard InChI is InChI=1S/C21H15ClN4O5S/c22-12-5-8-14(9-6-12)32(30,31)26-20-19(24-16-3-1-2-4-17(16)25-20)23-13-7-10-15(21(28)29)18(27)11-13/h1-11,27H,(H,23,24)(H,25,26)(H,28,29). The maximum absolute atomic E-state index is 12.9. The lowest BCUT2D eigenvalue weighted by molar-refractivity contribution is 0.0693. The number of carboxylic acid groups (broad SMARTS) is 1. The van der Waals surface area contributed by atoms with Crippen LogP contribution in [0.2, 0.25) is 5.02 Å². The normalized spacial score (nSPS) is 11.3. The number of rotatable bonds is 6. The minimum atomic E-state index is -4.02. The van der Waals surface area contributed by atoms with Crippen LogP contribution in [0.25, 0.3) is 11.0 Å². The van der Waals surface area contributed by atoms with Crippen molar-refractivity contribution in [2.75, 3.05) is 10.0 Å². The number of aromatic carboxylic acids is 1. The van der Waals surface area contributed by atoms with Gasteiger partial charge in [-0.25, -0.2) is 23.2 Å². The SMILES string of the molecule is O=C(O)c1ccc(Nc2nc3ccccc3nc2NS(=O)(=O)c2ccc(Cl)cc2)cc1O. The number of phenols is 1. The molecule has 0 radical (unpaired) electrons. The lowest BCUT2D eigenvalue weighted by atomic mass is 10.2. The highest BCUT2D eigenvalue weighted by Crippen LogP contribution is 2.29. The molecule has 4 aromatic rings. The van der Waals surface area contributed by atoms with E-state index >= 15 is 0 Å². The van der Waals surface area contributed by atoms with Crippen LogP contribution in [0.3, 0.4) is 0 Å². The molecule has 1 aromatic heterocycles. The van der Waals surface area contributed by atoms with Gasteiger partial charge in [-0.2, -0.15) is 0 Å². The number of hydrogen-bond donors (Lipinski definition) is 4. The number of halogens is 1. The Hall–Kier alpha value is -3.89. The zero-order valence-electron chi connectivity index (χ0n) is 16.2. The summed E-state index contributed by atoms with van der Waals surface area (Å²) in [6, 6.07) is 16.3. The first-order valence-electron chi connectivity index (χ1n) is 9.11. The smallest absolute Gasteiger partial charge is 0.339 e. The Bertz CT molecular complexity index is 1440. The zero-order valence-corrected chi connectivity index (χ0v) is 17.7. The Morgan fingerprint density at radius 2 is 1.53 bits per heavy atom. The fourth-order valence-corrected chi connectivity index (χ4v) is 4.02. The molecule has 0 bridgehead atoms. The number of aromatic nitrogens is 2. The Kier molecular flexibility index (Phi) is 5.56. The molecule has 0 fully saturated rings. The molecule has 1 heterocycles. The maximum Gasteiger partial charge on any atom is 0.339 e. The molecule has 11 heteroatoms. The predicted octanol–water partition coefficient (Wildman–Crippen LogP) is 4.23. The van der Waals surface area contributed by atoms with Crippen LogP contribution >= 0.6 is 11.6 Å². The molecule has 4 N–H and O–H groups in total. The van der Waals surface area contributed by atoms with E-state index < -0.39 is 21.7 Å².